The van der Waals surface area contributed by atoms with Crippen LogP contribution in [0.2, 0.25) is 0 Å². The Labute approximate surface area is 133 Å². The average Bonchev–Trinajstić information content (AvgIpc) is 2.94. The van der Waals surface area contributed by atoms with Gasteiger partial charge in [0.15, 0.2) is 0 Å². The summed E-state index contributed by atoms with van der Waals surface area (Å²) < 4.78 is 4.90. The minimum Gasteiger partial charge on any atom is -0.383 e. The normalized spacial score (nSPS) is 10.3. The number of anilines is 1. The minimum absolute atomic E-state index is 0.204. The zero-order valence-electron chi connectivity index (χ0n) is 12.5. The van der Waals surface area contributed by atoms with Gasteiger partial charge in [-0.25, -0.2) is 0 Å². The predicted octanol–water partition coefficient (Wildman–Crippen LogP) is 2.69. The van der Waals surface area contributed by atoms with Crippen molar-refractivity contribution in [1.29, 1.82) is 0 Å². The van der Waals surface area contributed by atoms with Crippen LogP contribution in [0.3, 0.4) is 0 Å². The Morgan fingerprint density at radius 2 is 1.95 bits per heavy atom. The van der Waals surface area contributed by atoms with Crippen LogP contribution >= 0.6 is 11.3 Å². The number of hydrogen-bond acceptors (Lipinski definition) is 4. The second-order valence-corrected chi connectivity index (χ2v) is 5.60. The molecule has 0 spiro atoms. The number of rotatable bonds is 6. The maximum atomic E-state index is 12.3. The first-order chi connectivity index (χ1) is 10.6. The van der Waals surface area contributed by atoms with E-state index in [4.69, 9.17) is 4.74 Å². The summed E-state index contributed by atoms with van der Waals surface area (Å²) in [6.45, 7) is 2.74. The van der Waals surface area contributed by atoms with Gasteiger partial charge in [-0.1, -0.05) is 12.1 Å². The van der Waals surface area contributed by atoms with E-state index in [1.807, 2.05) is 18.4 Å². The fourth-order valence-electron chi connectivity index (χ4n) is 1.94. The third-order valence-electron chi connectivity index (χ3n) is 3.08. The van der Waals surface area contributed by atoms with Crippen LogP contribution in [0, 0.1) is 6.92 Å². The van der Waals surface area contributed by atoms with E-state index in [0.29, 0.717) is 29.3 Å². The fraction of sp³-hybridized carbons (Fsp3) is 0.250. The van der Waals surface area contributed by atoms with Crippen molar-refractivity contribution in [1.82, 2.24) is 5.32 Å². The monoisotopic (exact) mass is 318 g/mol. The van der Waals surface area contributed by atoms with Crippen LogP contribution in [-0.4, -0.2) is 32.1 Å². The summed E-state index contributed by atoms with van der Waals surface area (Å²) in [5.74, 6) is -0.444. The molecule has 0 radical (unpaired) electrons. The lowest BCUT2D eigenvalue weighted by molar-refractivity contribution is 0.0938. The third-order valence-corrected chi connectivity index (χ3v) is 4.10. The van der Waals surface area contributed by atoms with Crippen LogP contribution in [0.5, 0.6) is 0 Å². The predicted molar refractivity (Wildman–Crippen MR) is 87.7 cm³/mol. The van der Waals surface area contributed by atoms with E-state index in [1.165, 1.54) is 11.3 Å². The molecule has 0 atom stereocenters. The Kier molecular flexibility index (Phi) is 5.68. The Hall–Kier alpha value is -2.18. The van der Waals surface area contributed by atoms with E-state index in [9.17, 15) is 9.59 Å². The molecule has 0 aliphatic rings. The highest BCUT2D eigenvalue weighted by atomic mass is 32.1. The molecule has 2 rings (SSSR count). The molecule has 5 nitrogen and oxygen atoms in total. The van der Waals surface area contributed by atoms with Crippen molar-refractivity contribution in [2.45, 2.75) is 6.92 Å². The molecule has 6 heteroatoms. The van der Waals surface area contributed by atoms with Gasteiger partial charge in [0, 0.05) is 13.7 Å². The summed E-state index contributed by atoms with van der Waals surface area (Å²) in [6.07, 6.45) is 0. The lowest BCUT2D eigenvalue weighted by Gasteiger charge is -2.11. The van der Waals surface area contributed by atoms with Crippen molar-refractivity contribution < 1.29 is 14.3 Å². The summed E-state index contributed by atoms with van der Waals surface area (Å²) in [5.41, 5.74) is 1.85. The summed E-state index contributed by atoms with van der Waals surface area (Å²) in [4.78, 5) is 25.1. The maximum absolute atomic E-state index is 12.3. The second-order valence-electron chi connectivity index (χ2n) is 4.68. The molecule has 116 valence electrons. The zero-order valence-corrected chi connectivity index (χ0v) is 13.3. The zero-order chi connectivity index (χ0) is 15.9. The minimum atomic E-state index is -0.240. The molecule has 0 fully saturated rings. The van der Waals surface area contributed by atoms with Gasteiger partial charge in [0.1, 0.15) is 0 Å². The van der Waals surface area contributed by atoms with Crippen LogP contribution in [-0.2, 0) is 4.74 Å². The van der Waals surface area contributed by atoms with Gasteiger partial charge in [0.2, 0.25) is 0 Å². The molecule has 2 aromatic rings. The number of amides is 2. The van der Waals surface area contributed by atoms with Crippen LogP contribution < -0.4 is 10.6 Å². The van der Waals surface area contributed by atoms with Crippen molar-refractivity contribution in [3.63, 3.8) is 0 Å². The first-order valence-electron chi connectivity index (χ1n) is 6.85. The topological polar surface area (TPSA) is 67.4 Å². The van der Waals surface area contributed by atoms with Crippen LogP contribution in [0.4, 0.5) is 5.69 Å². The number of para-hydroxylation sites is 1. The van der Waals surface area contributed by atoms with Crippen molar-refractivity contribution >= 4 is 28.8 Å². The number of thiophene rings is 1. The Balaban J connectivity index is 2.13. The summed E-state index contributed by atoms with van der Waals surface area (Å²) in [7, 11) is 1.57. The van der Waals surface area contributed by atoms with Crippen molar-refractivity contribution in [3.05, 3.63) is 51.7 Å². The number of carbonyl (C=O) groups is 2. The first-order valence-corrected chi connectivity index (χ1v) is 7.73. The van der Waals surface area contributed by atoms with Crippen LogP contribution in [0.15, 0.2) is 35.7 Å². The van der Waals surface area contributed by atoms with Crippen molar-refractivity contribution in [2.24, 2.45) is 0 Å². The molecule has 0 unspecified atom stereocenters. The van der Waals surface area contributed by atoms with E-state index in [1.54, 1.807) is 31.4 Å². The third kappa shape index (κ3) is 3.93. The largest absolute Gasteiger partial charge is 0.383 e. The summed E-state index contributed by atoms with van der Waals surface area (Å²) >= 11 is 1.38. The second kappa shape index (κ2) is 7.72. The maximum Gasteiger partial charge on any atom is 0.266 e. The van der Waals surface area contributed by atoms with Gasteiger partial charge in [-0.3, -0.25) is 9.59 Å². The quantitative estimate of drug-likeness (QED) is 0.805. The first kappa shape index (κ1) is 16.2. The van der Waals surface area contributed by atoms with E-state index in [2.05, 4.69) is 10.6 Å². The molecule has 0 saturated heterocycles. The average molecular weight is 318 g/mol. The van der Waals surface area contributed by atoms with Gasteiger partial charge in [-0.05, 0) is 36.1 Å². The molecule has 1 aromatic carbocycles. The van der Waals surface area contributed by atoms with E-state index in [0.717, 1.165) is 5.56 Å². The van der Waals surface area contributed by atoms with Crippen LogP contribution in [0.25, 0.3) is 0 Å². The molecular weight excluding hydrogens is 300 g/mol. The molecule has 2 N–H and O–H groups in total. The highest BCUT2D eigenvalue weighted by Crippen LogP contribution is 2.20. The Morgan fingerprint density at radius 1 is 1.18 bits per heavy atom. The SMILES string of the molecule is COCCNC(=O)c1ccccc1NC(=O)c1sccc1C. The van der Waals surface area contributed by atoms with Gasteiger partial charge in [-0.2, -0.15) is 0 Å². The number of hydrogen-bond donors (Lipinski definition) is 2. The number of methoxy groups -OCH3 is 1. The lowest BCUT2D eigenvalue weighted by Crippen LogP contribution is -2.28. The molecule has 1 aromatic heterocycles. The molecular formula is C16H18N2O3S. The molecule has 0 aliphatic heterocycles. The number of benzene rings is 1. The van der Waals surface area contributed by atoms with E-state index >= 15 is 0 Å². The molecule has 0 aliphatic carbocycles. The van der Waals surface area contributed by atoms with Crippen molar-refractivity contribution in [2.75, 3.05) is 25.6 Å². The highest BCUT2D eigenvalue weighted by Gasteiger charge is 2.15. The Morgan fingerprint density at radius 3 is 2.64 bits per heavy atom. The smallest absolute Gasteiger partial charge is 0.266 e. The standard InChI is InChI=1S/C16H18N2O3S/c1-11-7-10-22-14(11)16(20)18-13-6-4-3-5-12(13)15(19)17-8-9-21-2/h3-7,10H,8-9H2,1-2H3,(H,17,19)(H,18,20). The van der Waals surface area contributed by atoms with E-state index in [-0.39, 0.29) is 11.8 Å². The van der Waals surface area contributed by atoms with Crippen molar-refractivity contribution in [3.8, 4) is 0 Å². The lowest BCUT2D eigenvalue weighted by atomic mass is 10.1. The molecule has 22 heavy (non-hydrogen) atoms. The fourth-order valence-corrected chi connectivity index (χ4v) is 2.76. The summed E-state index contributed by atoms with van der Waals surface area (Å²) in [6, 6.07) is 8.83. The van der Waals surface area contributed by atoms with Gasteiger partial charge in [0.25, 0.3) is 11.8 Å². The number of ether oxygens (including phenoxy) is 1. The number of nitrogens with one attached hydrogen (secondary N) is 2. The molecule has 2 amide bonds. The van der Waals surface area contributed by atoms with Crippen LogP contribution in [0.1, 0.15) is 25.6 Å². The van der Waals surface area contributed by atoms with Gasteiger partial charge >= 0.3 is 0 Å². The molecule has 0 bridgehead atoms. The Bertz CT molecular complexity index is 667. The van der Waals surface area contributed by atoms with Gasteiger partial charge in [0.05, 0.1) is 22.7 Å². The van der Waals surface area contributed by atoms with Gasteiger partial charge < -0.3 is 15.4 Å². The highest BCUT2D eigenvalue weighted by molar-refractivity contribution is 7.12. The number of carbonyl (C=O) groups excluding carboxylic acids is 2. The van der Waals surface area contributed by atoms with E-state index < -0.39 is 0 Å². The molecule has 1 heterocycles. The van der Waals surface area contributed by atoms with Gasteiger partial charge in [-0.15, -0.1) is 11.3 Å². The summed E-state index contributed by atoms with van der Waals surface area (Å²) in [5, 5.41) is 7.42. The molecule has 0 saturated carbocycles. The number of aryl methyl sites for hydroxylation is 1.